The van der Waals surface area contributed by atoms with Crippen molar-refractivity contribution in [3.63, 3.8) is 0 Å². The van der Waals surface area contributed by atoms with Crippen molar-refractivity contribution >= 4 is 29.1 Å². The summed E-state index contributed by atoms with van der Waals surface area (Å²) in [7, 11) is 0. The predicted octanol–water partition coefficient (Wildman–Crippen LogP) is 2.31. The lowest BCUT2D eigenvalue weighted by molar-refractivity contribution is -0.149. The van der Waals surface area contributed by atoms with E-state index < -0.39 is 23.2 Å². The summed E-state index contributed by atoms with van der Waals surface area (Å²) in [6.45, 7) is 0.409. The minimum atomic E-state index is -2.09. The van der Waals surface area contributed by atoms with Gasteiger partial charge in [0, 0.05) is 30.2 Å². The number of para-hydroxylation sites is 1. The Morgan fingerprint density at radius 3 is 2.69 bits per heavy atom. The van der Waals surface area contributed by atoms with Gasteiger partial charge in [-0.3, -0.25) is 9.59 Å². The Bertz CT molecular complexity index is 811. The number of anilines is 1. The molecule has 0 saturated carbocycles. The molecule has 1 aliphatic heterocycles. The van der Waals surface area contributed by atoms with Crippen LogP contribution in [0.4, 0.5) is 10.1 Å². The van der Waals surface area contributed by atoms with E-state index in [1.807, 2.05) is 6.07 Å². The topological polar surface area (TPSA) is 69.6 Å². The number of carbonyl (C=O) groups is 2. The molecule has 2 aromatic carbocycles. The molecule has 7 heteroatoms. The summed E-state index contributed by atoms with van der Waals surface area (Å²) in [5.41, 5.74) is -0.836. The molecular weight excluding hydrogens is 359 g/mol. The zero-order chi connectivity index (χ0) is 18.7. The van der Waals surface area contributed by atoms with Gasteiger partial charge in [0.1, 0.15) is 5.82 Å². The second-order valence-electron chi connectivity index (χ2n) is 6.19. The second-order valence-corrected chi connectivity index (χ2v) is 6.62. The zero-order valence-corrected chi connectivity index (χ0v) is 14.7. The highest BCUT2D eigenvalue weighted by atomic mass is 35.5. The lowest BCUT2D eigenvalue weighted by Gasteiger charge is -2.21. The molecule has 2 aromatic rings. The Balaban J connectivity index is 1.61. The van der Waals surface area contributed by atoms with Crippen LogP contribution in [0.15, 0.2) is 48.5 Å². The lowest BCUT2D eigenvalue weighted by Crippen LogP contribution is -2.52. The molecular formula is C19H18ClFN2O3. The molecule has 1 atom stereocenters. The molecule has 1 heterocycles. The first-order valence-corrected chi connectivity index (χ1v) is 8.60. The number of benzene rings is 2. The van der Waals surface area contributed by atoms with Crippen LogP contribution in [0.25, 0.3) is 0 Å². The smallest absolute Gasteiger partial charge is 0.268 e. The minimum Gasteiger partial charge on any atom is -0.372 e. The van der Waals surface area contributed by atoms with Gasteiger partial charge in [0.05, 0.1) is 0 Å². The summed E-state index contributed by atoms with van der Waals surface area (Å²) >= 11 is 5.79. The molecule has 136 valence electrons. The van der Waals surface area contributed by atoms with Gasteiger partial charge in [-0.05, 0) is 42.3 Å². The van der Waals surface area contributed by atoms with Crippen molar-refractivity contribution in [3.8, 4) is 0 Å². The fraction of sp³-hybridized carbons (Fsp3) is 0.263. The SMILES string of the molecule is O=C(NCCc1cc(F)cc(Cl)c1)[C@@]1(O)CCN(c2ccccc2)C1=O. The number of nitrogens with zero attached hydrogens (tertiary/aromatic N) is 1. The van der Waals surface area contributed by atoms with Gasteiger partial charge < -0.3 is 15.3 Å². The van der Waals surface area contributed by atoms with Gasteiger partial charge in [0.15, 0.2) is 0 Å². The average molecular weight is 377 g/mol. The third-order valence-electron chi connectivity index (χ3n) is 4.36. The van der Waals surface area contributed by atoms with Crippen LogP contribution in [0.3, 0.4) is 0 Å². The molecule has 0 aromatic heterocycles. The van der Waals surface area contributed by atoms with E-state index in [0.717, 1.165) is 0 Å². The fourth-order valence-electron chi connectivity index (χ4n) is 2.99. The Morgan fingerprint density at radius 1 is 1.27 bits per heavy atom. The number of hydrogen-bond acceptors (Lipinski definition) is 3. The first-order chi connectivity index (χ1) is 12.4. The summed E-state index contributed by atoms with van der Waals surface area (Å²) in [4.78, 5) is 26.3. The second kappa shape index (κ2) is 7.43. The number of hydrogen-bond donors (Lipinski definition) is 2. The summed E-state index contributed by atoms with van der Waals surface area (Å²) in [6.07, 6.45) is 0.342. The van der Waals surface area contributed by atoms with Crippen LogP contribution in [0.2, 0.25) is 5.02 Å². The van der Waals surface area contributed by atoms with Crippen molar-refractivity contribution in [1.29, 1.82) is 0 Å². The van der Waals surface area contributed by atoms with Crippen LogP contribution in [-0.2, 0) is 16.0 Å². The average Bonchev–Trinajstić information content (AvgIpc) is 2.91. The highest BCUT2D eigenvalue weighted by molar-refractivity contribution is 6.30. The third-order valence-corrected chi connectivity index (χ3v) is 4.58. The molecule has 26 heavy (non-hydrogen) atoms. The lowest BCUT2D eigenvalue weighted by atomic mass is 10.0. The zero-order valence-electron chi connectivity index (χ0n) is 13.9. The molecule has 2 N–H and O–H groups in total. The largest absolute Gasteiger partial charge is 0.372 e. The number of aliphatic hydroxyl groups is 1. The normalized spacial score (nSPS) is 19.7. The van der Waals surface area contributed by atoms with Crippen molar-refractivity contribution in [2.45, 2.75) is 18.4 Å². The van der Waals surface area contributed by atoms with E-state index in [4.69, 9.17) is 11.6 Å². The molecule has 2 amide bonds. The van der Waals surface area contributed by atoms with Crippen molar-refractivity contribution in [3.05, 3.63) is 64.9 Å². The van der Waals surface area contributed by atoms with E-state index in [1.54, 1.807) is 30.3 Å². The molecule has 0 radical (unpaired) electrons. The summed E-state index contributed by atoms with van der Waals surface area (Å²) < 4.78 is 13.3. The first-order valence-electron chi connectivity index (χ1n) is 8.23. The predicted molar refractivity (Wildman–Crippen MR) is 96.5 cm³/mol. The van der Waals surface area contributed by atoms with Crippen molar-refractivity contribution in [1.82, 2.24) is 5.32 Å². The molecule has 1 aliphatic rings. The maximum absolute atomic E-state index is 13.3. The molecule has 1 fully saturated rings. The van der Waals surface area contributed by atoms with Gasteiger partial charge in [0.2, 0.25) is 5.60 Å². The molecule has 3 rings (SSSR count). The maximum atomic E-state index is 13.3. The molecule has 0 aliphatic carbocycles. The van der Waals surface area contributed by atoms with Gasteiger partial charge in [-0.2, -0.15) is 0 Å². The van der Waals surface area contributed by atoms with Crippen molar-refractivity contribution < 1.29 is 19.1 Å². The van der Waals surface area contributed by atoms with Crippen molar-refractivity contribution in [2.75, 3.05) is 18.0 Å². The van der Waals surface area contributed by atoms with Crippen LogP contribution >= 0.6 is 11.6 Å². The summed E-state index contributed by atoms with van der Waals surface area (Å²) in [5.74, 6) is -1.85. The van der Waals surface area contributed by atoms with Gasteiger partial charge >= 0.3 is 0 Å². The Kier molecular flexibility index (Phi) is 5.25. The van der Waals surface area contributed by atoms with Crippen LogP contribution in [0.5, 0.6) is 0 Å². The minimum absolute atomic E-state index is 0.0123. The Morgan fingerprint density at radius 2 is 2.00 bits per heavy atom. The highest BCUT2D eigenvalue weighted by Crippen LogP contribution is 2.28. The number of nitrogens with one attached hydrogen (secondary N) is 1. The molecule has 5 nitrogen and oxygen atoms in total. The highest BCUT2D eigenvalue weighted by Gasteiger charge is 2.51. The monoisotopic (exact) mass is 376 g/mol. The molecule has 0 unspecified atom stereocenters. The van der Waals surface area contributed by atoms with Gasteiger partial charge in [-0.15, -0.1) is 0 Å². The standard InChI is InChI=1S/C19H18ClFN2O3/c20-14-10-13(11-15(21)12-14)6-8-22-17(24)19(26)7-9-23(18(19)25)16-4-2-1-3-5-16/h1-5,10-12,26H,6-9H2,(H,22,24)/t19-/m0/s1. The Labute approximate surface area is 155 Å². The third kappa shape index (κ3) is 3.71. The first kappa shape index (κ1) is 18.4. The van der Waals surface area contributed by atoms with Gasteiger partial charge in [0.25, 0.3) is 11.8 Å². The fourth-order valence-corrected chi connectivity index (χ4v) is 3.24. The van der Waals surface area contributed by atoms with E-state index in [-0.39, 0.29) is 24.5 Å². The van der Waals surface area contributed by atoms with Crippen LogP contribution in [-0.4, -0.2) is 35.6 Å². The quantitative estimate of drug-likeness (QED) is 0.787. The van der Waals surface area contributed by atoms with E-state index in [1.165, 1.54) is 17.0 Å². The van der Waals surface area contributed by atoms with Crippen LogP contribution in [0, 0.1) is 5.82 Å². The van der Waals surface area contributed by atoms with Crippen LogP contribution in [0.1, 0.15) is 12.0 Å². The van der Waals surface area contributed by atoms with E-state index in [2.05, 4.69) is 5.32 Å². The van der Waals surface area contributed by atoms with E-state index in [9.17, 15) is 19.1 Å². The summed E-state index contributed by atoms with van der Waals surface area (Å²) in [5, 5.41) is 13.4. The number of amides is 2. The number of carbonyl (C=O) groups excluding carboxylic acids is 2. The number of rotatable bonds is 5. The van der Waals surface area contributed by atoms with Crippen molar-refractivity contribution in [2.24, 2.45) is 0 Å². The summed E-state index contributed by atoms with van der Waals surface area (Å²) in [6, 6.07) is 13.0. The van der Waals surface area contributed by atoms with Gasteiger partial charge in [-0.1, -0.05) is 29.8 Å². The molecule has 1 saturated heterocycles. The maximum Gasteiger partial charge on any atom is 0.268 e. The molecule has 0 bridgehead atoms. The van der Waals surface area contributed by atoms with E-state index >= 15 is 0 Å². The van der Waals surface area contributed by atoms with Gasteiger partial charge in [-0.25, -0.2) is 4.39 Å². The van der Waals surface area contributed by atoms with E-state index in [0.29, 0.717) is 17.7 Å². The molecule has 0 spiro atoms. The Hall–Kier alpha value is -2.44. The number of halogens is 2. The van der Waals surface area contributed by atoms with Crippen LogP contribution < -0.4 is 10.2 Å².